The van der Waals surface area contributed by atoms with Gasteiger partial charge in [0.25, 0.3) is 0 Å². The van der Waals surface area contributed by atoms with Crippen LogP contribution in [-0.2, 0) is 0 Å². The Morgan fingerprint density at radius 1 is 1.57 bits per heavy atom. The van der Waals surface area contributed by atoms with Gasteiger partial charge in [0.1, 0.15) is 0 Å². The highest BCUT2D eigenvalue weighted by molar-refractivity contribution is 5.75. The molecule has 4 heteroatoms. The minimum Gasteiger partial charge on any atom is -0.338 e. The molecule has 0 bridgehead atoms. The molecular weight excluding hydrogens is 178 g/mol. The standard InChI is InChI=1S/C10H19N3O/c1-2-4-12-10(14)13-5-3-8-6-11-7-9(8)13/h8-9,11H,2-7H2,1H3,(H,12,14)/t8-,9+/m1/s1. The average Bonchev–Trinajstić information content (AvgIpc) is 2.74. The second kappa shape index (κ2) is 4.17. The molecular formula is C10H19N3O. The fourth-order valence-electron chi connectivity index (χ4n) is 2.43. The second-order valence-electron chi connectivity index (χ2n) is 4.20. The molecule has 14 heavy (non-hydrogen) atoms. The van der Waals surface area contributed by atoms with E-state index in [4.69, 9.17) is 0 Å². The van der Waals surface area contributed by atoms with Gasteiger partial charge in [-0.15, -0.1) is 0 Å². The number of carbonyl (C=O) groups is 1. The van der Waals surface area contributed by atoms with Gasteiger partial charge in [0.05, 0.1) is 0 Å². The summed E-state index contributed by atoms with van der Waals surface area (Å²) in [6.07, 6.45) is 2.17. The van der Waals surface area contributed by atoms with E-state index in [0.29, 0.717) is 12.0 Å². The van der Waals surface area contributed by atoms with Crippen LogP contribution >= 0.6 is 0 Å². The first kappa shape index (κ1) is 9.77. The zero-order chi connectivity index (χ0) is 9.97. The molecule has 2 aliphatic heterocycles. The van der Waals surface area contributed by atoms with Gasteiger partial charge < -0.3 is 15.5 Å². The molecule has 0 aromatic carbocycles. The number of nitrogens with one attached hydrogen (secondary N) is 2. The van der Waals surface area contributed by atoms with Crippen LogP contribution in [-0.4, -0.2) is 43.2 Å². The summed E-state index contributed by atoms with van der Waals surface area (Å²) in [4.78, 5) is 13.7. The van der Waals surface area contributed by atoms with Gasteiger partial charge in [-0.3, -0.25) is 0 Å². The van der Waals surface area contributed by atoms with Gasteiger partial charge in [0.2, 0.25) is 0 Å². The van der Waals surface area contributed by atoms with Crippen molar-refractivity contribution >= 4 is 6.03 Å². The normalized spacial score (nSPS) is 30.5. The van der Waals surface area contributed by atoms with Crippen molar-refractivity contribution in [1.29, 1.82) is 0 Å². The third-order valence-electron chi connectivity index (χ3n) is 3.23. The molecule has 2 aliphatic rings. The third-order valence-corrected chi connectivity index (χ3v) is 3.23. The van der Waals surface area contributed by atoms with Gasteiger partial charge in [-0.1, -0.05) is 6.92 Å². The zero-order valence-electron chi connectivity index (χ0n) is 8.75. The van der Waals surface area contributed by atoms with E-state index in [-0.39, 0.29) is 6.03 Å². The Kier molecular flexibility index (Phi) is 2.91. The number of likely N-dealkylation sites (tertiary alicyclic amines) is 1. The minimum atomic E-state index is 0.128. The smallest absolute Gasteiger partial charge is 0.317 e. The van der Waals surface area contributed by atoms with Crippen molar-refractivity contribution in [3.05, 3.63) is 0 Å². The van der Waals surface area contributed by atoms with E-state index in [0.717, 1.165) is 39.0 Å². The van der Waals surface area contributed by atoms with Gasteiger partial charge in [-0.25, -0.2) is 4.79 Å². The Bertz CT molecular complexity index is 219. The molecule has 2 amide bonds. The Hall–Kier alpha value is -0.770. The molecule has 0 saturated carbocycles. The van der Waals surface area contributed by atoms with Crippen molar-refractivity contribution in [2.45, 2.75) is 25.8 Å². The largest absolute Gasteiger partial charge is 0.338 e. The monoisotopic (exact) mass is 197 g/mol. The molecule has 0 spiro atoms. The SMILES string of the molecule is CCCNC(=O)N1CC[C@@H]2CNC[C@@H]21. The fourth-order valence-corrected chi connectivity index (χ4v) is 2.43. The topological polar surface area (TPSA) is 44.4 Å². The highest BCUT2D eigenvalue weighted by atomic mass is 16.2. The molecule has 2 atom stereocenters. The highest BCUT2D eigenvalue weighted by Crippen LogP contribution is 2.26. The predicted molar refractivity (Wildman–Crippen MR) is 55.2 cm³/mol. The van der Waals surface area contributed by atoms with E-state index < -0.39 is 0 Å². The Balaban J connectivity index is 1.88. The van der Waals surface area contributed by atoms with E-state index >= 15 is 0 Å². The quantitative estimate of drug-likeness (QED) is 0.673. The van der Waals surface area contributed by atoms with Crippen LogP contribution in [0.25, 0.3) is 0 Å². The van der Waals surface area contributed by atoms with Crippen molar-refractivity contribution in [2.24, 2.45) is 5.92 Å². The van der Waals surface area contributed by atoms with Crippen molar-refractivity contribution < 1.29 is 4.79 Å². The number of hydrogen-bond donors (Lipinski definition) is 2. The maximum Gasteiger partial charge on any atom is 0.317 e. The molecule has 0 aromatic heterocycles. The van der Waals surface area contributed by atoms with Crippen LogP contribution in [0.1, 0.15) is 19.8 Å². The molecule has 0 aliphatic carbocycles. The average molecular weight is 197 g/mol. The number of nitrogens with zero attached hydrogens (tertiary/aromatic N) is 1. The van der Waals surface area contributed by atoms with Gasteiger partial charge in [0.15, 0.2) is 0 Å². The first-order valence-electron chi connectivity index (χ1n) is 5.58. The Morgan fingerprint density at radius 3 is 3.21 bits per heavy atom. The zero-order valence-corrected chi connectivity index (χ0v) is 8.75. The lowest BCUT2D eigenvalue weighted by Crippen LogP contribution is -2.45. The van der Waals surface area contributed by atoms with Crippen LogP contribution in [0.2, 0.25) is 0 Å². The van der Waals surface area contributed by atoms with Crippen LogP contribution in [0.3, 0.4) is 0 Å². The van der Waals surface area contributed by atoms with Crippen LogP contribution in [0.15, 0.2) is 0 Å². The number of carbonyl (C=O) groups excluding carboxylic acids is 1. The summed E-state index contributed by atoms with van der Waals surface area (Å²) < 4.78 is 0. The van der Waals surface area contributed by atoms with E-state index in [1.807, 2.05) is 4.90 Å². The van der Waals surface area contributed by atoms with Crippen LogP contribution in [0.4, 0.5) is 4.79 Å². The van der Waals surface area contributed by atoms with Crippen molar-refractivity contribution in [3.63, 3.8) is 0 Å². The van der Waals surface area contributed by atoms with Crippen molar-refractivity contribution in [1.82, 2.24) is 15.5 Å². The number of fused-ring (bicyclic) bond motifs is 1. The number of hydrogen-bond acceptors (Lipinski definition) is 2. The van der Waals surface area contributed by atoms with Crippen LogP contribution < -0.4 is 10.6 Å². The van der Waals surface area contributed by atoms with Crippen LogP contribution in [0.5, 0.6) is 0 Å². The second-order valence-corrected chi connectivity index (χ2v) is 4.20. The van der Waals surface area contributed by atoms with Gasteiger partial charge in [-0.05, 0) is 18.8 Å². The number of rotatable bonds is 2. The summed E-state index contributed by atoms with van der Waals surface area (Å²) in [7, 11) is 0. The molecule has 2 rings (SSSR count). The van der Waals surface area contributed by atoms with Crippen molar-refractivity contribution in [3.8, 4) is 0 Å². The fraction of sp³-hybridized carbons (Fsp3) is 0.900. The minimum absolute atomic E-state index is 0.128. The lowest BCUT2D eigenvalue weighted by molar-refractivity contribution is 0.192. The molecule has 80 valence electrons. The van der Waals surface area contributed by atoms with E-state index in [9.17, 15) is 4.79 Å². The summed E-state index contributed by atoms with van der Waals surface area (Å²) >= 11 is 0. The molecule has 4 nitrogen and oxygen atoms in total. The number of amides is 2. The highest BCUT2D eigenvalue weighted by Gasteiger charge is 2.39. The molecule has 2 heterocycles. The summed E-state index contributed by atoms with van der Waals surface area (Å²) in [6.45, 7) is 5.86. The van der Waals surface area contributed by atoms with Gasteiger partial charge in [-0.2, -0.15) is 0 Å². The summed E-state index contributed by atoms with van der Waals surface area (Å²) in [5.41, 5.74) is 0. The third kappa shape index (κ3) is 1.71. The van der Waals surface area contributed by atoms with Gasteiger partial charge >= 0.3 is 6.03 Å². The van der Waals surface area contributed by atoms with E-state index in [2.05, 4.69) is 17.6 Å². The van der Waals surface area contributed by atoms with Crippen molar-refractivity contribution in [2.75, 3.05) is 26.2 Å². The predicted octanol–water partition coefficient (Wildman–Crippen LogP) is 0.400. The maximum absolute atomic E-state index is 11.7. The Morgan fingerprint density at radius 2 is 2.43 bits per heavy atom. The van der Waals surface area contributed by atoms with E-state index in [1.54, 1.807) is 0 Å². The molecule has 0 aromatic rings. The van der Waals surface area contributed by atoms with E-state index in [1.165, 1.54) is 0 Å². The lowest BCUT2D eigenvalue weighted by atomic mass is 10.1. The summed E-state index contributed by atoms with van der Waals surface area (Å²) in [5.74, 6) is 0.697. The molecule has 2 N–H and O–H groups in total. The lowest BCUT2D eigenvalue weighted by Gasteiger charge is -2.23. The maximum atomic E-state index is 11.7. The molecule has 0 radical (unpaired) electrons. The summed E-state index contributed by atoms with van der Waals surface area (Å²) in [5, 5.41) is 6.29. The Labute approximate surface area is 85.0 Å². The van der Waals surface area contributed by atoms with Crippen LogP contribution in [0, 0.1) is 5.92 Å². The molecule has 2 saturated heterocycles. The number of urea groups is 1. The van der Waals surface area contributed by atoms with Gasteiger partial charge in [0, 0.05) is 32.2 Å². The molecule has 2 fully saturated rings. The first-order valence-corrected chi connectivity index (χ1v) is 5.58. The first-order chi connectivity index (χ1) is 6.83. The molecule has 0 unspecified atom stereocenters. The summed E-state index contributed by atoms with van der Waals surface area (Å²) in [6, 6.07) is 0.579.